The minimum absolute atomic E-state index is 0.0183. The van der Waals surface area contributed by atoms with E-state index in [9.17, 15) is 31.2 Å². The summed E-state index contributed by atoms with van der Waals surface area (Å²) in [6.45, 7) is 4.57. The second kappa shape index (κ2) is 12.6. The lowest BCUT2D eigenvalue weighted by Gasteiger charge is -2.35. The van der Waals surface area contributed by atoms with Crippen molar-refractivity contribution in [2.24, 2.45) is 0 Å². The molecule has 0 radical (unpaired) electrons. The molecule has 1 atom stereocenters. The third kappa shape index (κ3) is 7.35. The maximum Gasteiger partial charge on any atom is 0.427 e. The number of aryl methyl sites for hydroxylation is 1. The molecule has 0 saturated heterocycles. The quantitative estimate of drug-likeness (QED) is 0.331. The molecule has 0 saturated carbocycles. The minimum atomic E-state index is -4.83. The number of benzene rings is 2. The first-order chi connectivity index (χ1) is 20.6. The summed E-state index contributed by atoms with van der Waals surface area (Å²) in [4.78, 5) is 23.7. The molecule has 12 nitrogen and oxygen atoms in total. The summed E-state index contributed by atoms with van der Waals surface area (Å²) in [5.41, 5.74) is -2.07. The van der Waals surface area contributed by atoms with Crippen molar-refractivity contribution in [2.45, 2.75) is 63.6 Å². The highest BCUT2D eigenvalue weighted by Crippen LogP contribution is 2.41. The van der Waals surface area contributed by atoms with E-state index in [1.165, 1.54) is 36.0 Å². The van der Waals surface area contributed by atoms with Crippen LogP contribution in [0, 0.1) is 0 Å². The molecule has 2 amide bonds. The summed E-state index contributed by atoms with van der Waals surface area (Å²) in [5, 5.41) is 9.10. The topological polar surface area (TPSA) is 141 Å². The van der Waals surface area contributed by atoms with Crippen LogP contribution in [0.25, 0.3) is 0 Å². The Labute approximate surface area is 252 Å². The van der Waals surface area contributed by atoms with E-state index in [1.807, 2.05) is 30.3 Å². The van der Waals surface area contributed by atoms with Gasteiger partial charge in [-0.2, -0.15) is 13.2 Å². The summed E-state index contributed by atoms with van der Waals surface area (Å²) in [6, 6.07) is 13.0. The molecule has 16 heteroatoms. The lowest BCUT2D eigenvalue weighted by Crippen LogP contribution is -2.48. The second-order valence-electron chi connectivity index (χ2n) is 10.3. The van der Waals surface area contributed by atoms with Crippen molar-refractivity contribution >= 4 is 33.4 Å². The fraction of sp³-hybridized carbons (Fsp3) is 0.393. The molecule has 4 rings (SSSR count). The van der Waals surface area contributed by atoms with Gasteiger partial charge in [0.05, 0.1) is 18.8 Å². The minimum Gasteiger partial charge on any atom is -0.484 e. The van der Waals surface area contributed by atoms with Crippen molar-refractivity contribution in [2.75, 3.05) is 22.7 Å². The van der Waals surface area contributed by atoms with Gasteiger partial charge in [-0.3, -0.25) is 19.1 Å². The first-order valence-corrected chi connectivity index (χ1v) is 14.9. The predicted molar refractivity (Wildman–Crippen MR) is 153 cm³/mol. The van der Waals surface area contributed by atoms with Crippen molar-refractivity contribution < 1.29 is 45.4 Å². The van der Waals surface area contributed by atoms with Crippen LogP contribution >= 0.6 is 0 Å². The zero-order valence-corrected chi connectivity index (χ0v) is 25.2. The standard InChI is InChI=1S/C28H32F3N5O7S/c1-5-35-16-24(25(34-35)41-17-19-9-7-6-8-10-19)44(39,40)36-15-21(14-32-18(2)37)42-23-12-11-20(13-22(23)36)33-26(38)43-27(3,4)28(29,30)31/h6-13,16,21H,5,14-15,17H2,1-4H3,(H,32,37)(H,33,38). The monoisotopic (exact) mass is 639 g/mol. The van der Waals surface area contributed by atoms with E-state index < -0.39 is 34.0 Å². The number of aromatic nitrogens is 2. The van der Waals surface area contributed by atoms with Gasteiger partial charge < -0.3 is 19.5 Å². The Hall–Kier alpha value is -4.47. The molecule has 2 heterocycles. The molecule has 0 spiro atoms. The van der Waals surface area contributed by atoms with Gasteiger partial charge in [-0.1, -0.05) is 30.3 Å². The van der Waals surface area contributed by atoms with Gasteiger partial charge in [0.1, 0.15) is 18.5 Å². The number of nitrogens with zero attached hydrogens (tertiary/aromatic N) is 3. The Kier molecular flexibility index (Phi) is 9.32. The number of hydrogen-bond donors (Lipinski definition) is 2. The third-order valence-electron chi connectivity index (χ3n) is 6.55. The van der Waals surface area contributed by atoms with E-state index in [2.05, 4.69) is 20.5 Å². The van der Waals surface area contributed by atoms with Crippen LogP contribution in [0.2, 0.25) is 0 Å². The largest absolute Gasteiger partial charge is 0.484 e. The predicted octanol–water partition coefficient (Wildman–Crippen LogP) is 4.46. The number of amides is 2. The van der Waals surface area contributed by atoms with E-state index in [0.717, 1.165) is 9.87 Å². The van der Waals surface area contributed by atoms with Crippen LogP contribution in [0.1, 0.15) is 33.3 Å². The van der Waals surface area contributed by atoms with Crippen molar-refractivity contribution in [1.82, 2.24) is 15.1 Å². The molecule has 2 aromatic carbocycles. The maximum absolute atomic E-state index is 14.2. The lowest BCUT2D eigenvalue weighted by molar-refractivity contribution is -0.242. The molecule has 0 bridgehead atoms. The molecule has 1 unspecified atom stereocenters. The van der Waals surface area contributed by atoms with Crippen molar-refractivity contribution in [3.63, 3.8) is 0 Å². The van der Waals surface area contributed by atoms with Crippen LogP contribution in [0.15, 0.2) is 59.6 Å². The Morgan fingerprint density at radius 3 is 2.48 bits per heavy atom. The number of carbonyl (C=O) groups excluding carboxylic acids is 2. The smallest absolute Gasteiger partial charge is 0.427 e. The molecular formula is C28H32F3N5O7S. The van der Waals surface area contributed by atoms with Crippen LogP contribution in [0.3, 0.4) is 0 Å². The van der Waals surface area contributed by atoms with Gasteiger partial charge in [-0.15, -0.1) is 5.10 Å². The van der Waals surface area contributed by atoms with Crippen molar-refractivity contribution in [3.05, 3.63) is 60.3 Å². The fourth-order valence-electron chi connectivity index (χ4n) is 4.08. The van der Waals surface area contributed by atoms with Gasteiger partial charge in [0.15, 0.2) is 4.90 Å². The first-order valence-electron chi connectivity index (χ1n) is 13.5. The SMILES string of the molecule is CCn1cc(S(=O)(=O)N2CC(CNC(C)=O)Oc3ccc(NC(=O)OC(C)(C)C(F)(F)F)cc32)c(OCc2ccccc2)n1. The summed E-state index contributed by atoms with van der Waals surface area (Å²) < 4.78 is 86.9. The van der Waals surface area contributed by atoms with E-state index in [1.54, 1.807) is 6.92 Å². The number of rotatable bonds is 10. The number of nitrogens with one attached hydrogen (secondary N) is 2. The van der Waals surface area contributed by atoms with E-state index in [-0.39, 0.29) is 53.5 Å². The normalized spacial score (nSPS) is 15.2. The van der Waals surface area contributed by atoms with E-state index in [0.29, 0.717) is 20.4 Å². The molecule has 1 aliphatic rings. The average molecular weight is 640 g/mol. The summed E-state index contributed by atoms with van der Waals surface area (Å²) in [7, 11) is -4.43. The number of hydrogen-bond acceptors (Lipinski definition) is 8. The molecular weight excluding hydrogens is 607 g/mol. The van der Waals surface area contributed by atoms with Gasteiger partial charge in [-0.25, -0.2) is 13.2 Å². The van der Waals surface area contributed by atoms with Crippen LogP contribution in [-0.4, -0.2) is 61.2 Å². The maximum atomic E-state index is 14.2. The van der Waals surface area contributed by atoms with Crippen molar-refractivity contribution in [1.29, 1.82) is 0 Å². The molecule has 44 heavy (non-hydrogen) atoms. The van der Waals surface area contributed by atoms with Gasteiger partial charge >= 0.3 is 12.3 Å². The molecule has 2 N–H and O–H groups in total. The summed E-state index contributed by atoms with van der Waals surface area (Å²) in [5.74, 6) is -0.414. The molecule has 0 aliphatic carbocycles. The number of ether oxygens (including phenoxy) is 3. The summed E-state index contributed by atoms with van der Waals surface area (Å²) in [6.07, 6.45) is -5.72. The van der Waals surface area contributed by atoms with E-state index >= 15 is 0 Å². The Bertz CT molecular complexity index is 1610. The van der Waals surface area contributed by atoms with Crippen LogP contribution in [0.4, 0.5) is 29.3 Å². The van der Waals surface area contributed by atoms with Gasteiger partial charge in [0, 0.05) is 25.4 Å². The molecule has 0 fully saturated rings. The van der Waals surface area contributed by atoms with Gasteiger partial charge in [0.25, 0.3) is 15.9 Å². The zero-order chi connectivity index (χ0) is 32.3. The number of halogens is 3. The highest BCUT2D eigenvalue weighted by atomic mass is 32.2. The highest BCUT2D eigenvalue weighted by Gasteiger charge is 2.51. The lowest BCUT2D eigenvalue weighted by atomic mass is 10.1. The second-order valence-corrected chi connectivity index (χ2v) is 12.2. The Morgan fingerprint density at radius 2 is 1.84 bits per heavy atom. The third-order valence-corrected chi connectivity index (χ3v) is 8.31. The van der Waals surface area contributed by atoms with Crippen LogP contribution in [-0.2, 0) is 32.7 Å². The Balaban J connectivity index is 1.69. The number of anilines is 2. The summed E-state index contributed by atoms with van der Waals surface area (Å²) >= 11 is 0. The van der Waals surface area contributed by atoms with Crippen LogP contribution in [0.5, 0.6) is 11.6 Å². The molecule has 1 aliphatic heterocycles. The Morgan fingerprint density at radius 1 is 1.14 bits per heavy atom. The van der Waals surface area contributed by atoms with Crippen LogP contribution < -0.4 is 24.4 Å². The van der Waals surface area contributed by atoms with E-state index in [4.69, 9.17) is 9.47 Å². The fourth-order valence-corrected chi connectivity index (χ4v) is 5.66. The number of fused-ring (bicyclic) bond motifs is 1. The van der Waals surface area contributed by atoms with Crippen molar-refractivity contribution in [3.8, 4) is 11.6 Å². The van der Waals surface area contributed by atoms with Gasteiger partial charge in [-0.05, 0) is 44.5 Å². The van der Waals surface area contributed by atoms with Gasteiger partial charge in [0.2, 0.25) is 11.5 Å². The number of alkyl halides is 3. The average Bonchev–Trinajstić information content (AvgIpc) is 3.38. The molecule has 3 aromatic rings. The highest BCUT2D eigenvalue weighted by molar-refractivity contribution is 7.93. The first kappa shape index (κ1) is 32.4. The molecule has 1 aromatic heterocycles. The number of carbonyl (C=O) groups is 2. The zero-order valence-electron chi connectivity index (χ0n) is 24.3. The number of sulfonamides is 1. The molecule has 238 valence electrons.